The maximum Gasteiger partial charge on any atom is 0.119 e. The van der Waals surface area contributed by atoms with E-state index in [0.29, 0.717) is 6.61 Å². The fraction of sp³-hybridized carbons (Fsp3) is 0.269. The molecule has 2 nitrogen and oxygen atoms in total. The van der Waals surface area contributed by atoms with E-state index in [1.165, 1.54) is 101 Å². The van der Waals surface area contributed by atoms with Crippen LogP contribution in [0, 0.1) is 0 Å². The third-order valence-corrected chi connectivity index (χ3v) is 15.2. The second-order valence-corrected chi connectivity index (χ2v) is 18.5. The first-order valence-electron chi connectivity index (χ1n) is 20.4. The van der Waals surface area contributed by atoms with Gasteiger partial charge in [0.1, 0.15) is 35.5 Å². The molecular weight excluding hydrogens is 939 g/mol. The summed E-state index contributed by atoms with van der Waals surface area (Å²) >= 11 is 0. The molecule has 0 aliphatic carbocycles. The summed E-state index contributed by atoms with van der Waals surface area (Å²) in [5, 5.41) is 4.48. The summed E-state index contributed by atoms with van der Waals surface area (Å²) < 4.78 is 6.05. The molecule has 0 aliphatic rings. The van der Waals surface area contributed by atoms with Gasteiger partial charge < -0.3 is 33.6 Å². The molecule has 0 bridgehead atoms. The zero-order valence-electron chi connectivity index (χ0n) is 33.8. The van der Waals surface area contributed by atoms with E-state index in [1.807, 2.05) is 0 Å². The van der Waals surface area contributed by atoms with Crippen LogP contribution >= 0.6 is 31.2 Å². The predicted molar refractivity (Wildman–Crippen MR) is 256 cm³/mol. The fourth-order valence-corrected chi connectivity index (χ4v) is 12.2. The van der Waals surface area contributed by atoms with Crippen molar-refractivity contribution in [2.45, 2.75) is 57.8 Å². The molecule has 0 unspecified atom stereocenters. The van der Waals surface area contributed by atoms with Gasteiger partial charge in [0.25, 0.3) is 0 Å². The van der Waals surface area contributed by atoms with Crippen molar-refractivity contribution in [3.63, 3.8) is 0 Å². The molecule has 0 saturated carbocycles. The van der Waals surface area contributed by atoms with Crippen LogP contribution in [-0.2, 0) is 0 Å². The number of allylic oxidation sites excluding steroid dienone is 1. The summed E-state index contributed by atoms with van der Waals surface area (Å²) in [5.74, 6) is 0.920. The number of halogens is 2. The Morgan fingerprint density at radius 3 is 1.30 bits per heavy atom. The van der Waals surface area contributed by atoms with Gasteiger partial charge in [0.2, 0.25) is 0 Å². The highest BCUT2D eigenvalue weighted by Gasteiger charge is 2.44. The molecule has 298 valence electrons. The smallest absolute Gasteiger partial charge is 0.119 e. The van der Waals surface area contributed by atoms with Crippen molar-refractivity contribution < 1.29 is 28.7 Å². The number of benzene rings is 6. The lowest BCUT2D eigenvalue weighted by Gasteiger charge is -2.27. The van der Waals surface area contributed by atoms with Crippen LogP contribution in [0.15, 0.2) is 176 Å². The van der Waals surface area contributed by atoms with Gasteiger partial charge in [-0.15, -0.1) is 24.0 Å². The normalized spacial score (nSPS) is 11.6. The van der Waals surface area contributed by atoms with E-state index >= 15 is 0 Å². The number of hydrogen-bond acceptors (Lipinski definition) is 2. The van der Waals surface area contributed by atoms with Gasteiger partial charge in [0, 0.05) is 6.54 Å². The largest absolute Gasteiger partial charge is 1.00 e. The maximum atomic E-state index is 6.05. The standard InChI is InChI=1S/C52H59NOP.2HI/c1-53(2)41-42-54-47-39-37-46(38-40-47)52(45-28-16-10-17-29-45)51(44-26-14-9-15-27-44)36-24-7-5-3-4-6-8-25-43-55(48-30-18-11-19-31-48,49-32-20-12-21-33-49)50-34-22-13-23-35-50;;/h9-23,26-35,37-40H,3-8,24-25,36,41-43H2,1-2H3;2*1H/q+1;;/p-1. The Hall–Kier alpha value is -3.29. The topological polar surface area (TPSA) is 12.5 Å². The van der Waals surface area contributed by atoms with Gasteiger partial charge in [-0.25, -0.2) is 0 Å². The van der Waals surface area contributed by atoms with E-state index in [4.69, 9.17) is 4.74 Å². The Morgan fingerprint density at radius 2 is 0.842 bits per heavy atom. The summed E-state index contributed by atoms with van der Waals surface area (Å²) in [7, 11) is 2.42. The van der Waals surface area contributed by atoms with Crippen LogP contribution in [0.3, 0.4) is 0 Å². The monoisotopic (exact) mass is 999 g/mol. The van der Waals surface area contributed by atoms with Crippen LogP contribution in [-0.4, -0.2) is 38.3 Å². The number of rotatable bonds is 21. The highest BCUT2D eigenvalue weighted by Crippen LogP contribution is 2.56. The number of hydrogen-bond donors (Lipinski definition) is 0. The van der Waals surface area contributed by atoms with Crippen molar-refractivity contribution in [2.24, 2.45) is 0 Å². The molecule has 0 atom stereocenters. The average Bonchev–Trinajstić information content (AvgIpc) is 3.24. The van der Waals surface area contributed by atoms with Gasteiger partial charge in [0.15, 0.2) is 0 Å². The lowest BCUT2D eigenvalue weighted by Crippen LogP contribution is -3.00. The van der Waals surface area contributed by atoms with Crippen molar-refractivity contribution >= 4 is 58.3 Å². The quantitative estimate of drug-likeness (QED) is 0.0309. The zero-order chi connectivity index (χ0) is 38.0. The first-order valence-corrected chi connectivity index (χ1v) is 22.4. The average molecular weight is 1000 g/mol. The second-order valence-electron chi connectivity index (χ2n) is 14.9. The number of unbranched alkanes of at least 4 members (excludes halogenated alkanes) is 7. The summed E-state index contributed by atoms with van der Waals surface area (Å²) in [6.45, 7) is 1.58. The molecule has 0 amide bonds. The highest BCUT2D eigenvalue weighted by molar-refractivity contribution is 14.0. The van der Waals surface area contributed by atoms with Gasteiger partial charge in [-0.3, -0.25) is 0 Å². The molecule has 6 aromatic carbocycles. The Morgan fingerprint density at radius 1 is 0.456 bits per heavy atom. The molecule has 6 rings (SSSR count). The van der Waals surface area contributed by atoms with E-state index in [2.05, 4.69) is 195 Å². The first kappa shape index (κ1) is 46.4. The molecule has 57 heavy (non-hydrogen) atoms. The number of nitrogens with zero attached hydrogens (tertiary/aromatic N) is 1. The van der Waals surface area contributed by atoms with E-state index < -0.39 is 7.26 Å². The summed E-state index contributed by atoms with van der Waals surface area (Å²) in [4.78, 5) is 2.15. The van der Waals surface area contributed by atoms with Gasteiger partial charge in [-0.1, -0.05) is 159 Å². The van der Waals surface area contributed by atoms with Crippen LogP contribution in [0.4, 0.5) is 0 Å². The molecule has 0 heterocycles. The van der Waals surface area contributed by atoms with Gasteiger partial charge >= 0.3 is 0 Å². The number of likely N-dealkylation sites (N-methyl/N-ethyl adjacent to an activating group) is 1. The predicted octanol–water partition coefficient (Wildman–Crippen LogP) is 9.71. The van der Waals surface area contributed by atoms with Crippen LogP contribution in [0.25, 0.3) is 11.1 Å². The molecule has 5 heteroatoms. The number of ether oxygens (including phenoxy) is 1. The molecular formula is C52H60I2NOP. The minimum Gasteiger partial charge on any atom is -1.00 e. The van der Waals surface area contributed by atoms with Crippen LogP contribution in [0.5, 0.6) is 5.75 Å². The van der Waals surface area contributed by atoms with Crippen molar-refractivity contribution in [3.05, 3.63) is 193 Å². The second kappa shape index (κ2) is 25.3. The van der Waals surface area contributed by atoms with Crippen molar-refractivity contribution in [2.75, 3.05) is 33.4 Å². The Kier molecular flexibility index (Phi) is 20.6. The van der Waals surface area contributed by atoms with Crippen molar-refractivity contribution in [1.82, 2.24) is 4.90 Å². The molecule has 0 N–H and O–H groups in total. The van der Waals surface area contributed by atoms with Crippen molar-refractivity contribution in [1.29, 1.82) is 0 Å². The van der Waals surface area contributed by atoms with E-state index in [0.717, 1.165) is 18.7 Å². The van der Waals surface area contributed by atoms with Crippen LogP contribution < -0.4 is 44.6 Å². The minimum atomic E-state index is -1.73. The summed E-state index contributed by atoms with van der Waals surface area (Å²) in [6.07, 6.45) is 12.5. The molecule has 0 fully saturated rings. The third-order valence-electron chi connectivity index (χ3n) is 10.7. The molecule has 0 spiro atoms. The minimum absolute atomic E-state index is 0. The Balaban J connectivity index is 0.00000360. The first-order chi connectivity index (χ1) is 27.1. The zero-order valence-corrected chi connectivity index (χ0v) is 39.2. The van der Waals surface area contributed by atoms with Crippen LogP contribution in [0.2, 0.25) is 0 Å². The van der Waals surface area contributed by atoms with Gasteiger partial charge in [-0.05, 0) is 116 Å². The summed E-state index contributed by atoms with van der Waals surface area (Å²) in [5.41, 5.74) is 6.57. The fourth-order valence-electron chi connectivity index (χ4n) is 7.83. The maximum absolute atomic E-state index is 6.05. The lowest BCUT2D eigenvalue weighted by atomic mass is 9.86. The molecule has 0 saturated heterocycles. The molecule has 0 radical (unpaired) electrons. The SMILES string of the molecule is CN(C)CCOc1ccc(C(=C(CCCCCCCCCC[P+](c2ccccc2)(c2ccccc2)c2ccccc2)c2ccccc2)c2ccccc2)cc1.I.[I-]. The Bertz CT molecular complexity index is 1890. The van der Waals surface area contributed by atoms with Gasteiger partial charge in [0.05, 0.1) is 6.16 Å². The highest BCUT2D eigenvalue weighted by atomic mass is 127. The molecule has 6 aromatic rings. The van der Waals surface area contributed by atoms with Crippen molar-refractivity contribution in [3.8, 4) is 5.75 Å². The van der Waals surface area contributed by atoms with Crippen LogP contribution in [0.1, 0.15) is 74.5 Å². The Labute approximate surface area is 378 Å². The lowest BCUT2D eigenvalue weighted by molar-refractivity contribution is -0.0000115. The third kappa shape index (κ3) is 13.4. The van der Waals surface area contributed by atoms with Gasteiger partial charge in [-0.2, -0.15) is 0 Å². The van der Waals surface area contributed by atoms with E-state index in [1.54, 1.807) is 0 Å². The molecule has 0 aromatic heterocycles. The van der Waals surface area contributed by atoms with E-state index in [9.17, 15) is 0 Å². The van der Waals surface area contributed by atoms with E-state index in [-0.39, 0.29) is 48.0 Å². The molecule has 0 aliphatic heterocycles. The summed E-state index contributed by atoms with van der Waals surface area (Å²) in [6, 6.07) is 64.7.